The van der Waals surface area contributed by atoms with Gasteiger partial charge in [0.15, 0.2) is 17.2 Å². The summed E-state index contributed by atoms with van der Waals surface area (Å²) in [6, 6.07) is 4.79. The fourth-order valence-corrected chi connectivity index (χ4v) is 1.77. The zero-order valence-electron chi connectivity index (χ0n) is 11.5. The number of nitrogens with one attached hydrogen (secondary N) is 1. The Balaban J connectivity index is 2.46. The van der Waals surface area contributed by atoms with Gasteiger partial charge in [0.1, 0.15) is 5.69 Å². The van der Waals surface area contributed by atoms with Gasteiger partial charge in [0.25, 0.3) is 5.91 Å². The molecule has 0 radical (unpaired) electrons. The van der Waals surface area contributed by atoms with Crippen molar-refractivity contribution in [3.63, 3.8) is 0 Å². The quantitative estimate of drug-likeness (QED) is 0.623. The fraction of sp³-hybridized carbons (Fsp3) is 0.231. The van der Waals surface area contributed by atoms with E-state index in [0.717, 1.165) is 0 Å². The molecule has 1 heterocycles. The minimum absolute atomic E-state index is 0.0256. The predicted octanol–water partition coefficient (Wildman–Crippen LogP) is 0.895. The number of aromatic amines is 1. The number of rotatable bonds is 5. The number of esters is 1. The Labute approximate surface area is 120 Å². The average molecular weight is 290 g/mol. The summed E-state index contributed by atoms with van der Waals surface area (Å²) in [7, 11) is 0. The number of nitrogens with two attached hydrogens (primary N) is 1. The van der Waals surface area contributed by atoms with Crippen molar-refractivity contribution in [2.24, 2.45) is 5.73 Å². The second-order valence-electron chi connectivity index (χ2n) is 4.07. The molecular formula is C13H14N4O4. The highest BCUT2D eigenvalue weighted by Gasteiger charge is 2.17. The lowest BCUT2D eigenvalue weighted by molar-refractivity contribution is -0.132. The molecule has 0 aliphatic rings. The van der Waals surface area contributed by atoms with E-state index in [1.165, 1.54) is 6.92 Å². The Hall–Kier alpha value is -2.90. The number of nitrogens with zero attached hydrogens (tertiary/aromatic N) is 2. The van der Waals surface area contributed by atoms with Gasteiger partial charge in [-0.15, -0.1) is 0 Å². The van der Waals surface area contributed by atoms with Crippen molar-refractivity contribution in [1.82, 2.24) is 15.4 Å². The minimum atomic E-state index is -0.694. The van der Waals surface area contributed by atoms with Gasteiger partial charge in [-0.3, -0.25) is 9.59 Å². The molecule has 1 aromatic heterocycles. The van der Waals surface area contributed by atoms with Gasteiger partial charge in [-0.2, -0.15) is 15.4 Å². The molecule has 1 aromatic carbocycles. The number of carbonyl (C=O) groups excluding carboxylic acids is 2. The lowest BCUT2D eigenvalue weighted by atomic mass is 10.1. The summed E-state index contributed by atoms with van der Waals surface area (Å²) in [6.45, 7) is 3.49. The molecular weight excluding hydrogens is 276 g/mol. The number of amides is 1. The maximum absolute atomic E-state index is 11.3. The zero-order chi connectivity index (χ0) is 15.4. The molecule has 1 amide bonds. The van der Waals surface area contributed by atoms with Gasteiger partial charge in [-0.1, -0.05) is 0 Å². The molecule has 0 fully saturated rings. The summed E-state index contributed by atoms with van der Waals surface area (Å²) >= 11 is 0. The summed E-state index contributed by atoms with van der Waals surface area (Å²) in [5.41, 5.74) is 6.12. The largest absolute Gasteiger partial charge is 0.490 e. The Morgan fingerprint density at radius 2 is 2.05 bits per heavy atom. The molecule has 0 unspecified atom stereocenters. The van der Waals surface area contributed by atoms with Gasteiger partial charge in [0, 0.05) is 12.5 Å². The SMILES string of the molecule is CCOc1cc(-c2n[nH]nc2C(N)=O)ccc1OC(C)=O. The molecule has 21 heavy (non-hydrogen) atoms. The van der Waals surface area contributed by atoms with Crippen LogP contribution >= 0.6 is 0 Å². The number of ether oxygens (including phenoxy) is 2. The van der Waals surface area contributed by atoms with Crippen LogP contribution in [0.4, 0.5) is 0 Å². The highest BCUT2D eigenvalue weighted by Crippen LogP contribution is 2.33. The number of hydrogen-bond donors (Lipinski definition) is 2. The summed E-state index contributed by atoms with van der Waals surface area (Å²) in [6.07, 6.45) is 0. The first-order valence-electron chi connectivity index (χ1n) is 6.19. The van der Waals surface area contributed by atoms with Gasteiger partial charge in [0.2, 0.25) is 0 Å². The third-order valence-electron chi connectivity index (χ3n) is 2.55. The Bertz CT molecular complexity index is 681. The van der Waals surface area contributed by atoms with E-state index in [4.69, 9.17) is 15.2 Å². The number of hydrogen-bond acceptors (Lipinski definition) is 6. The Morgan fingerprint density at radius 3 is 2.67 bits per heavy atom. The molecule has 8 heteroatoms. The van der Waals surface area contributed by atoms with Crippen LogP contribution in [-0.2, 0) is 4.79 Å². The highest BCUT2D eigenvalue weighted by molar-refractivity contribution is 5.96. The first kappa shape index (κ1) is 14.5. The average Bonchev–Trinajstić information content (AvgIpc) is 2.90. The van der Waals surface area contributed by atoms with E-state index in [1.807, 2.05) is 0 Å². The summed E-state index contributed by atoms with van der Waals surface area (Å²) in [5, 5.41) is 9.95. The van der Waals surface area contributed by atoms with Crippen molar-refractivity contribution in [1.29, 1.82) is 0 Å². The number of H-pyrrole nitrogens is 1. The van der Waals surface area contributed by atoms with E-state index in [-0.39, 0.29) is 11.4 Å². The van der Waals surface area contributed by atoms with Crippen LogP contribution in [0.2, 0.25) is 0 Å². The van der Waals surface area contributed by atoms with Crippen LogP contribution < -0.4 is 15.2 Å². The van der Waals surface area contributed by atoms with E-state index < -0.39 is 11.9 Å². The van der Waals surface area contributed by atoms with E-state index in [9.17, 15) is 9.59 Å². The van der Waals surface area contributed by atoms with E-state index in [2.05, 4.69) is 15.4 Å². The topological polar surface area (TPSA) is 120 Å². The molecule has 2 rings (SSSR count). The van der Waals surface area contributed by atoms with Crippen LogP contribution in [0.25, 0.3) is 11.3 Å². The first-order chi connectivity index (χ1) is 10.0. The summed E-state index contributed by atoms with van der Waals surface area (Å²) < 4.78 is 10.5. The number of aromatic nitrogens is 3. The Kier molecular flexibility index (Phi) is 4.17. The van der Waals surface area contributed by atoms with Gasteiger partial charge in [-0.25, -0.2) is 0 Å². The third kappa shape index (κ3) is 3.16. The smallest absolute Gasteiger partial charge is 0.308 e. The van der Waals surface area contributed by atoms with Crippen molar-refractivity contribution < 1.29 is 19.1 Å². The van der Waals surface area contributed by atoms with Gasteiger partial charge >= 0.3 is 5.97 Å². The van der Waals surface area contributed by atoms with E-state index in [0.29, 0.717) is 23.6 Å². The third-order valence-corrected chi connectivity index (χ3v) is 2.55. The molecule has 2 aromatic rings. The molecule has 0 aliphatic carbocycles. The second-order valence-corrected chi connectivity index (χ2v) is 4.07. The van der Waals surface area contributed by atoms with Crippen LogP contribution in [0.15, 0.2) is 18.2 Å². The van der Waals surface area contributed by atoms with Crippen molar-refractivity contribution >= 4 is 11.9 Å². The number of primary amides is 1. The normalized spacial score (nSPS) is 10.2. The van der Waals surface area contributed by atoms with Crippen molar-refractivity contribution in [3.8, 4) is 22.8 Å². The highest BCUT2D eigenvalue weighted by atomic mass is 16.6. The predicted molar refractivity (Wildman–Crippen MR) is 72.8 cm³/mol. The lowest BCUT2D eigenvalue weighted by Crippen LogP contribution is -2.12. The molecule has 0 saturated heterocycles. The van der Waals surface area contributed by atoms with Gasteiger partial charge in [0.05, 0.1) is 6.61 Å². The van der Waals surface area contributed by atoms with Crippen LogP contribution in [0.3, 0.4) is 0 Å². The van der Waals surface area contributed by atoms with Crippen molar-refractivity contribution in [3.05, 3.63) is 23.9 Å². The van der Waals surface area contributed by atoms with Gasteiger partial charge < -0.3 is 15.2 Å². The van der Waals surface area contributed by atoms with Crippen LogP contribution in [0, 0.1) is 0 Å². The molecule has 3 N–H and O–H groups in total. The monoisotopic (exact) mass is 290 g/mol. The van der Waals surface area contributed by atoms with E-state index in [1.54, 1.807) is 25.1 Å². The lowest BCUT2D eigenvalue weighted by Gasteiger charge is -2.10. The molecule has 0 spiro atoms. The fourth-order valence-electron chi connectivity index (χ4n) is 1.77. The first-order valence-corrected chi connectivity index (χ1v) is 6.19. The summed E-state index contributed by atoms with van der Waals surface area (Å²) in [4.78, 5) is 22.3. The van der Waals surface area contributed by atoms with Crippen LogP contribution in [-0.4, -0.2) is 33.9 Å². The zero-order valence-corrected chi connectivity index (χ0v) is 11.5. The van der Waals surface area contributed by atoms with Crippen LogP contribution in [0.5, 0.6) is 11.5 Å². The van der Waals surface area contributed by atoms with Gasteiger partial charge in [-0.05, 0) is 25.1 Å². The maximum atomic E-state index is 11.3. The molecule has 0 aliphatic heterocycles. The molecule has 0 saturated carbocycles. The number of benzene rings is 1. The van der Waals surface area contributed by atoms with E-state index >= 15 is 0 Å². The van der Waals surface area contributed by atoms with Crippen molar-refractivity contribution in [2.75, 3.05) is 6.61 Å². The summed E-state index contributed by atoms with van der Waals surface area (Å²) in [5.74, 6) is -0.496. The second kappa shape index (κ2) is 6.04. The molecule has 8 nitrogen and oxygen atoms in total. The molecule has 0 atom stereocenters. The Morgan fingerprint density at radius 1 is 1.29 bits per heavy atom. The number of carbonyl (C=O) groups is 2. The maximum Gasteiger partial charge on any atom is 0.308 e. The molecule has 110 valence electrons. The minimum Gasteiger partial charge on any atom is -0.490 e. The van der Waals surface area contributed by atoms with Crippen molar-refractivity contribution in [2.45, 2.75) is 13.8 Å². The molecule has 0 bridgehead atoms. The van der Waals surface area contributed by atoms with Crippen LogP contribution in [0.1, 0.15) is 24.3 Å². The standard InChI is InChI=1S/C13H14N4O4/c1-3-20-10-6-8(4-5-9(10)21-7(2)18)11-12(13(14)19)16-17-15-11/h4-6H,3H2,1-2H3,(H2,14,19)(H,15,16,17).